The molecule has 0 saturated carbocycles. The summed E-state index contributed by atoms with van der Waals surface area (Å²) >= 11 is 2.03. The molecule has 0 bridgehead atoms. The molecule has 0 amide bonds. The van der Waals surface area contributed by atoms with Crippen LogP contribution in [-0.4, -0.2) is 23.6 Å². The highest BCUT2D eigenvalue weighted by Gasteiger charge is 2.25. The SMILES string of the molecule is C=C(NC(C)C1=C(C)c2ccccc2C1)NC1CSCC1C.CC. The van der Waals surface area contributed by atoms with E-state index in [1.54, 1.807) is 0 Å². The molecule has 3 heteroatoms. The van der Waals surface area contributed by atoms with E-state index in [1.165, 1.54) is 33.8 Å². The van der Waals surface area contributed by atoms with Gasteiger partial charge >= 0.3 is 0 Å². The number of allylic oxidation sites excluding steroid dienone is 1. The molecule has 0 aromatic heterocycles. The lowest BCUT2D eigenvalue weighted by atomic mass is 10.0. The highest BCUT2D eigenvalue weighted by Crippen LogP contribution is 2.34. The van der Waals surface area contributed by atoms with E-state index < -0.39 is 0 Å². The summed E-state index contributed by atoms with van der Waals surface area (Å²) in [6.07, 6.45) is 1.05. The third-order valence-corrected chi connectivity index (χ3v) is 6.28. The fraction of sp³-hybridized carbons (Fsp3) is 0.524. The average molecular weight is 345 g/mol. The second-order valence-electron chi connectivity index (χ2n) is 6.59. The lowest BCUT2D eigenvalue weighted by molar-refractivity contribution is 0.469. The molecule has 3 rings (SSSR count). The number of hydrogen-bond donors (Lipinski definition) is 2. The predicted molar refractivity (Wildman–Crippen MR) is 109 cm³/mol. The fourth-order valence-electron chi connectivity index (χ4n) is 3.49. The highest BCUT2D eigenvalue weighted by molar-refractivity contribution is 7.99. The summed E-state index contributed by atoms with van der Waals surface area (Å²) in [5, 5.41) is 7.13. The van der Waals surface area contributed by atoms with E-state index in [4.69, 9.17) is 0 Å². The molecule has 1 aliphatic carbocycles. The summed E-state index contributed by atoms with van der Waals surface area (Å²) in [5.41, 5.74) is 5.76. The smallest absolute Gasteiger partial charge is 0.0919 e. The molecule has 2 nitrogen and oxygen atoms in total. The zero-order valence-corrected chi connectivity index (χ0v) is 16.6. The van der Waals surface area contributed by atoms with Crippen molar-refractivity contribution in [2.75, 3.05) is 11.5 Å². The van der Waals surface area contributed by atoms with Crippen LogP contribution in [0.25, 0.3) is 5.57 Å². The average Bonchev–Trinajstić information content (AvgIpc) is 3.13. The molecule has 2 N–H and O–H groups in total. The maximum Gasteiger partial charge on any atom is 0.0919 e. The van der Waals surface area contributed by atoms with Crippen molar-refractivity contribution in [3.8, 4) is 0 Å². The van der Waals surface area contributed by atoms with Gasteiger partial charge in [-0.2, -0.15) is 11.8 Å². The summed E-state index contributed by atoms with van der Waals surface area (Å²) in [5.74, 6) is 4.11. The molecule has 3 atom stereocenters. The number of hydrogen-bond acceptors (Lipinski definition) is 3. The van der Waals surface area contributed by atoms with Crippen LogP contribution in [0.3, 0.4) is 0 Å². The van der Waals surface area contributed by atoms with Gasteiger partial charge in [0.15, 0.2) is 0 Å². The van der Waals surface area contributed by atoms with Gasteiger partial charge in [-0.05, 0) is 54.2 Å². The minimum Gasteiger partial charge on any atom is -0.369 e. The molecule has 0 radical (unpaired) electrons. The van der Waals surface area contributed by atoms with Crippen LogP contribution in [0, 0.1) is 5.92 Å². The maximum atomic E-state index is 4.18. The molecule has 1 aliphatic heterocycles. The topological polar surface area (TPSA) is 24.1 Å². The number of thioether (sulfide) groups is 1. The second-order valence-corrected chi connectivity index (χ2v) is 7.67. The Balaban J connectivity index is 0.00000100. The molecule has 0 spiro atoms. The van der Waals surface area contributed by atoms with Gasteiger partial charge in [0, 0.05) is 17.8 Å². The van der Waals surface area contributed by atoms with Crippen molar-refractivity contribution in [3.63, 3.8) is 0 Å². The van der Waals surface area contributed by atoms with Gasteiger partial charge in [0.05, 0.1) is 5.82 Å². The van der Waals surface area contributed by atoms with Gasteiger partial charge in [-0.1, -0.05) is 51.6 Å². The van der Waals surface area contributed by atoms with Crippen molar-refractivity contribution in [1.29, 1.82) is 0 Å². The largest absolute Gasteiger partial charge is 0.369 e. The Labute approximate surface area is 152 Å². The summed E-state index contributed by atoms with van der Waals surface area (Å²) in [7, 11) is 0. The summed E-state index contributed by atoms with van der Waals surface area (Å²) in [6, 6.07) is 9.60. The molecule has 1 aromatic rings. The molecule has 1 saturated heterocycles. The Morgan fingerprint density at radius 1 is 1.25 bits per heavy atom. The van der Waals surface area contributed by atoms with Crippen molar-refractivity contribution < 1.29 is 0 Å². The Morgan fingerprint density at radius 3 is 2.58 bits per heavy atom. The van der Waals surface area contributed by atoms with Crippen molar-refractivity contribution in [3.05, 3.63) is 53.4 Å². The number of fused-ring (bicyclic) bond motifs is 1. The molecular weight excluding hydrogens is 312 g/mol. The summed E-state index contributed by atoms with van der Waals surface area (Å²) < 4.78 is 0. The molecule has 1 heterocycles. The first-order valence-corrected chi connectivity index (χ1v) is 10.3. The van der Waals surface area contributed by atoms with Crippen LogP contribution in [0.1, 0.15) is 45.7 Å². The van der Waals surface area contributed by atoms with E-state index in [-0.39, 0.29) is 0 Å². The van der Waals surface area contributed by atoms with Crippen molar-refractivity contribution >= 4 is 17.3 Å². The Kier molecular flexibility index (Phi) is 6.85. The Morgan fingerprint density at radius 2 is 1.96 bits per heavy atom. The zero-order chi connectivity index (χ0) is 17.7. The van der Waals surface area contributed by atoms with E-state index in [1.807, 2.05) is 25.6 Å². The summed E-state index contributed by atoms with van der Waals surface area (Å²) in [6.45, 7) is 15.0. The van der Waals surface area contributed by atoms with Gasteiger partial charge < -0.3 is 10.6 Å². The first kappa shape index (κ1) is 19.0. The van der Waals surface area contributed by atoms with Crippen LogP contribution >= 0.6 is 11.8 Å². The normalized spacial score (nSPS) is 23.2. The standard InChI is InChI=1S/C19H26N2S.C2H6/c1-12-10-22-11-19(12)21-15(4)20-14(3)18-9-16-7-5-6-8-17(16)13(18)2;1-2/h5-8,12,14,19-21H,4,9-11H2,1-3H3;1-2H3. The molecule has 1 aromatic carbocycles. The quantitative estimate of drug-likeness (QED) is 0.800. The van der Waals surface area contributed by atoms with Crippen molar-refractivity contribution in [2.24, 2.45) is 5.92 Å². The maximum absolute atomic E-state index is 4.18. The molecule has 3 unspecified atom stereocenters. The predicted octanol–water partition coefficient (Wildman–Crippen LogP) is 4.83. The van der Waals surface area contributed by atoms with Crippen LogP contribution in [-0.2, 0) is 6.42 Å². The van der Waals surface area contributed by atoms with Gasteiger partial charge in [-0.25, -0.2) is 0 Å². The Hall–Kier alpha value is -1.35. The van der Waals surface area contributed by atoms with E-state index in [0.29, 0.717) is 12.1 Å². The number of benzene rings is 1. The van der Waals surface area contributed by atoms with Gasteiger partial charge in [0.25, 0.3) is 0 Å². The van der Waals surface area contributed by atoms with Crippen molar-refractivity contribution in [2.45, 2.75) is 53.1 Å². The Bertz CT molecular complexity index is 606. The number of nitrogens with one attached hydrogen (secondary N) is 2. The van der Waals surface area contributed by atoms with Crippen LogP contribution in [0.4, 0.5) is 0 Å². The molecular formula is C21H32N2S. The first-order chi connectivity index (χ1) is 11.6. The third-order valence-electron chi connectivity index (χ3n) is 4.92. The van der Waals surface area contributed by atoms with Crippen LogP contribution in [0.2, 0.25) is 0 Å². The molecule has 132 valence electrons. The molecule has 2 aliphatic rings. The summed E-state index contributed by atoms with van der Waals surface area (Å²) in [4.78, 5) is 0. The number of rotatable bonds is 5. The molecule has 1 fully saturated rings. The third kappa shape index (κ3) is 4.18. The van der Waals surface area contributed by atoms with Crippen molar-refractivity contribution in [1.82, 2.24) is 10.6 Å². The lowest BCUT2D eigenvalue weighted by Gasteiger charge is -2.24. The van der Waals surface area contributed by atoms with E-state index in [2.05, 4.69) is 62.2 Å². The molecule has 24 heavy (non-hydrogen) atoms. The fourth-order valence-corrected chi connectivity index (χ4v) is 4.89. The minimum atomic E-state index is 0.316. The van der Waals surface area contributed by atoms with Crippen LogP contribution in [0.15, 0.2) is 42.2 Å². The second kappa shape index (κ2) is 8.66. The van der Waals surface area contributed by atoms with Gasteiger partial charge in [0.1, 0.15) is 0 Å². The zero-order valence-electron chi connectivity index (χ0n) is 15.8. The van der Waals surface area contributed by atoms with E-state index >= 15 is 0 Å². The van der Waals surface area contributed by atoms with Gasteiger partial charge in [-0.15, -0.1) is 0 Å². The van der Waals surface area contributed by atoms with Gasteiger partial charge in [0.2, 0.25) is 0 Å². The minimum absolute atomic E-state index is 0.316. The highest BCUT2D eigenvalue weighted by atomic mass is 32.2. The lowest BCUT2D eigenvalue weighted by Crippen LogP contribution is -2.41. The van der Waals surface area contributed by atoms with Crippen LogP contribution < -0.4 is 10.6 Å². The van der Waals surface area contributed by atoms with E-state index in [9.17, 15) is 0 Å². The first-order valence-electron chi connectivity index (χ1n) is 9.14. The van der Waals surface area contributed by atoms with Crippen LogP contribution in [0.5, 0.6) is 0 Å². The van der Waals surface area contributed by atoms with Gasteiger partial charge in [-0.3, -0.25) is 0 Å². The van der Waals surface area contributed by atoms with E-state index in [0.717, 1.165) is 18.2 Å². The monoisotopic (exact) mass is 344 g/mol.